The number of unbranched alkanes of at least 4 members (excludes halogenated alkanes) is 23. The lowest BCUT2D eigenvalue weighted by Gasteiger charge is -2.24. The van der Waals surface area contributed by atoms with E-state index in [1.165, 1.54) is 109 Å². The van der Waals surface area contributed by atoms with Crippen molar-refractivity contribution in [3.05, 3.63) is 36.5 Å². The van der Waals surface area contributed by atoms with Gasteiger partial charge in [-0.15, -0.1) is 0 Å². The molecule has 0 aromatic rings. The van der Waals surface area contributed by atoms with Crippen LogP contribution in [0.2, 0.25) is 0 Å². The van der Waals surface area contributed by atoms with Crippen LogP contribution in [0.4, 0.5) is 0 Å². The van der Waals surface area contributed by atoms with E-state index in [4.69, 9.17) is 4.74 Å². The first-order chi connectivity index (χ1) is 26.5. The van der Waals surface area contributed by atoms with E-state index in [1.54, 1.807) is 0 Å². The normalized spacial score (nSPS) is 13.6. The Balaban J connectivity index is 4.53. The van der Waals surface area contributed by atoms with Crippen LogP contribution in [0.25, 0.3) is 0 Å². The topological polar surface area (TPSA) is 95.9 Å². The largest absolute Gasteiger partial charge is 0.462 e. The Labute approximate surface area is 334 Å². The lowest BCUT2D eigenvalue weighted by Crippen LogP contribution is -2.46. The SMILES string of the molecule is CCC/C=C\CCCCCC(CC(=O)NC(CO)C(O)CCCCCCCCCCCCCCCC)OC(=O)CC/C=C/C/C=C\CCCCCCCC. The van der Waals surface area contributed by atoms with Gasteiger partial charge in [0.2, 0.25) is 5.91 Å². The minimum absolute atomic E-state index is 0.0451. The van der Waals surface area contributed by atoms with Crippen molar-refractivity contribution in [1.29, 1.82) is 0 Å². The average Bonchev–Trinajstić information content (AvgIpc) is 3.16. The van der Waals surface area contributed by atoms with Crippen LogP contribution in [0.15, 0.2) is 36.5 Å². The lowest BCUT2D eigenvalue weighted by molar-refractivity contribution is -0.150. The smallest absolute Gasteiger partial charge is 0.306 e. The molecular weight excluding hydrogens is 671 g/mol. The number of aliphatic hydroxyl groups is 2. The highest BCUT2D eigenvalue weighted by atomic mass is 16.5. The second kappa shape index (κ2) is 42.2. The summed E-state index contributed by atoms with van der Waals surface area (Å²) < 4.78 is 5.83. The quantitative estimate of drug-likeness (QED) is 0.0328. The fourth-order valence-electron chi connectivity index (χ4n) is 6.90. The van der Waals surface area contributed by atoms with Gasteiger partial charge >= 0.3 is 5.97 Å². The first kappa shape index (κ1) is 52.1. The number of amides is 1. The number of hydrogen-bond acceptors (Lipinski definition) is 5. The summed E-state index contributed by atoms with van der Waals surface area (Å²) in [6.45, 7) is 6.38. The number of allylic oxidation sites excluding steroid dienone is 6. The zero-order valence-electron chi connectivity index (χ0n) is 35.9. The molecule has 0 aromatic heterocycles. The van der Waals surface area contributed by atoms with E-state index in [9.17, 15) is 19.8 Å². The second-order valence-electron chi connectivity index (χ2n) is 15.8. The molecule has 0 heterocycles. The number of nitrogens with one attached hydrogen (secondary N) is 1. The molecule has 0 bridgehead atoms. The first-order valence-electron chi connectivity index (χ1n) is 23.2. The third-order valence-corrected chi connectivity index (χ3v) is 10.4. The standard InChI is InChI=1S/C48H89NO5/c1-4-7-10-13-16-19-21-23-25-26-28-31-34-37-40-46(51)45(43-50)49-47(52)42-44(39-36-33-30-18-15-12-9-6-3)54-48(53)41-38-35-32-29-27-24-22-20-17-14-11-8-5-2/h12,15,24,27,32,35,44-46,50-51H,4-11,13-14,16-23,25-26,28-31,33-34,36-43H2,1-3H3,(H,49,52)/b15-12-,27-24-,35-32+. The Hall–Kier alpha value is -1.92. The van der Waals surface area contributed by atoms with Crippen LogP contribution in [-0.2, 0) is 14.3 Å². The number of aliphatic hydroxyl groups excluding tert-OH is 2. The van der Waals surface area contributed by atoms with Crippen molar-refractivity contribution in [1.82, 2.24) is 5.32 Å². The Kier molecular flexibility index (Phi) is 40.7. The molecule has 0 saturated carbocycles. The number of hydrogen-bond donors (Lipinski definition) is 3. The Morgan fingerprint density at radius 3 is 1.52 bits per heavy atom. The monoisotopic (exact) mass is 760 g/mol. The highest BCUT2D eigenvalue weighted by Gasteiger charge is 2.24. The Bertz CT molecular complexity index is 900. The van der Waals surface area contributed by atoms with Gasteiger partial charge in [0, 0.05) is 6.42 Å². The molecule has 3 atom stereocenters. The lowest BCUT2D eigenvalue weighted by atomic mass is 10.0. The zero-order valence-corrected chi connectivity index (χ0v) is 35.9. The third-order valence-electron chi connectivity index (χ3n) is 10.4. The van der Waals surface area contributed by atoms with Crippen molar-refractivity contribution in [2.75, 3.05) is 6.61 Å². The van der Waals surface area contributed by atoms with E-state index in [0.29, 0.717) is 19.3 Å². The molecule has 6 heteroatoms. The van der Waals surface area contributed by atoms with Gasteiger partial charge in [-0.3, -0.25) is 9.59 Å². The molecular formula is C48H89NO5. The molecule has 0 aliphatic rings. The summed E-state index contributed by atoms with van der Waals surface area (Å²) in [6, 6.07) is -0.712. The molecule has 0 rings (SSSR count). The van der Waals surface area contributed by atoms with Crippen molar-refractivity contribution >= 4 is 11.9 Å². The van der Waals surface area contributed by atoms with Gasteiger partial charge in [0.15, 0.2) is 0 Å². The Morgan fingerprint density at radius 1 is 0.537 bits per heavy atom. The van der Waals surface area contributed by atoms with Gasteiger partial charge in [0.05, 0.1) is 25.2 Å². The number of esters is 1. The van der Waals surface area contributed by atoms with Crippen LogP contribution >= 0.6 is 0 Å². The second-order valence-corrected chi connectivity index (χ2v) is 15.8. The molecule has 0 radical (unpaired) electrons. The molecule has 3 unspecified atom stereocenters. The van der Waals surface area contributed by atoms with Crippen LogP contribution in [-0.4, -0.2) is 46.9 Å². The summed E-state index contributed by atoms with van der Waals surface area (Å²) >= 11 is 0. The minimum Gasteiger partial charge on any atom is -0.462 e. The molecule has 0 aromatic carbocycles. The number of ether oxygens (including phenoxy) is 1. The molecule has 0 aliphatic heterocycles. The summed E-state index contributed by atoms with van der Waals surface area (Å²) in [5.41, 5.74) is 0. The Morgan fingerprint density at radius 2 is 0.981 bits per heavy atom. The number of carbonyl (C=O) groups excluding carboxylic acids is 2. The number of rotatable bonds is 41. The van der Waals surface area contributed by atoms with Crippen molar-refractivity contribution in [2.45, 2.75) is 251 Å². The van der Waals surface area contributed by atoms with Gasteiger partial charge in [-0.2, -0.15) is 0 Å². The van der Waals surface area contributed by atoms with Crippen LogP contribution < -0.4 is 5.32 Å². The van der Waals surface area contributed by atoms with Crippen LogP contribution in [0.5, 0.6) is 0 Å². The summed E-state index contributed by atoms with van der Waals surface area (Å²) in [5.74, 6) is -0.572. The zero-order chi connectivity index (χ0) is 39.6. The maximum atomic E-state index is 13.1. The predicted molar refractivity (Wildman–Crippen MR) is 232 cm³/mol. The highest BCUT2D eigenvalue weighted by molar-refractivity contribution is 5.77. The molecule has 316 valence electrons. The summed E-state index contributed by atoms with van der Waals surface area (Å²) in [4.78, 5) is 25.9. The van der Waals surface area contributed by atoms with Gasteiger partial charge in [-0.1, -0.05) is 192 Å². The van der Waals surface area contributed by atoms with Crippen molar-refractivity contribution in [3.8, 4) is 0 Å². The van der Waals surface area contributed by atoms with E-state index in [2.05, 4.69) is 56.5 Å². The third kappa shape index (κ3) is 37.0. The van der Waals surface area contributed by atoms with Crippen molar-refractivity contribution in [2.24, 2.45) is 0 Å². The average molecular weight is 760 g/mol. The fraction of sp³-hybridized carbons (Fsp3) is 0.833. The molecule has 1 amide bonds. The van der Waals surface area contributed by atoms with Crippen molar-refractivity contribution < 1.29 is 24.5 Å². The fourth-order valence-corrected chi connectivity index (χ4v) is 6.90. The van der Waals surface area contributed by atoms with E-state index in [1.807, 2.05) is 6.08 Å². The van der Waals surface area contributed by atoms with E-state index in [-0.39, 0.29) is 31.3 Å². The van der Waals surface area contributed by atoms with Crippen LogP contribution in [0.1, 0.15) is 233 Å². The van der Waals surface area contributed by atoms with Gasteiger partial charge in [0.1, 0.15) is 6.10 Å². The minimum atomic E-state index is -0.796. The first-order valence-corrected chi connectivity index (χ1v) is 23.2. The molecule has 3 N–H and O–H groups in total. The van der Waals surface area contributed by atoms with Crippen LogP contribution in [0.3, 0.4) is 0 Å². The highest BCUT2D eigenvalue weighted by Crippen LogP contribution is 2.17. The summed E-state index contributed by atoms with van der Waals surface area (Å²) in [5, 5.41) is 23.6. The number of carbonyl (C=O) groups is 2. The molecule has 54 heavy (non-hydrogen) atoms. The van der Waals surface area contributed by atoms with E-state index >= 15 is 0 Å². The molecule has 0 spiro atoms. The maximum absolute atomic E-state index is 13.1. The summed E-state index contributed by atoms with van der Waals surface area (Å²) in [7, 11) is 0. The van der Waals surface area contributed by atoms with Gasteiger partial charge in [-0.25, -0.2) is 0 Å². The van der Waals surface area contributed by atoms with E-state index in [0.717, 1.165) is 70.6 Å². The van der Waals surface area contributed by atoms with Gasteiger partial charge in [0.25, 0.3) is 0 Å². The maximum Gasteiger partial charge on any atom is 0.306 e. The molecule has 0 aliphatic carbocycles. The molecule has 0 fully saturated rings. The summed E-state index contributed by atoms with van der Waals surface area (Å²) in [6.07, 6.45) is 47.9. The molecule has 6 nitrogen and oxygen atoms in total. The molecule has 0 saturated heterocycles. The predicted octanol–water partition coefficient (Wildman–Crippen LogP) is 13.3. The van der Waals surface area contributed by atoms with Gasteiger partial charge < -0.3 is 20.3 Å². The van der Waals surface area contributed by atoms with E-state index < -0.39 is 18.2 Å². The van der Waals surface area contributed by atoms with Crippen molar-refractivity contribution in [3.63, 3.8) is 0 Å². The van der Waals surface area contributed by atoms with Gasteiger partial charge in [-0.05, 0) is 64.2 Å². The van der Waals surface area contributed by atoms with Crippen LogP contribution in [0, 0.1) is 0 Å².